The average Bonchev–Trinajstić information content (AvgIpc) is 2.77. The van der Waals surface area contributed by atoms with E-state index in [1.807, 2.05) is 0 Å². The van der Waals surface area contributed by atoms with Crippen LogP contribution in [0.25, 0.3) is 15.6 Å². The van der Waals surface area contributed by atoms with E-state index >= 15 is 0 Å². The Balaban J connectivity index is 1.76. The molecule has 0 radical (unpaired) electrons. The SMILES string of the molecule is [C-]#[N+]c1cc(NC(=O)N(CC)[C@@H]2COCc3[nH]c(=O)c4cc(F)c(F)cc4c32)ccc1F. The summed E-state index contributed by atoms with van der Waals surface area (Å²) in [5.41, 5.74) is 0.221. The number of H-pyrrole nitrogens is 1. The summed E-state index contributed by atoms with van der Waals surface area (Å²) in [4.78, 5) is 32.5. The molecule has 0 saturated carbocycles. The Morgan fingerprint density at radius 1 is 1.22 bits per heavy atom. The van der Waals surface area contributed by atoms with Crippen LogP contribution in [0.3, 0.4) is 0 Å². The number of aromatic nitrogens is 1. The van der Waals surface area contributed by atoms with Gasteiger partial charge < -0.3 is 19.9 Å². The van der Waals surface area contributed by atoms with Gasteiger partial charge in [-0.3, -0.25) is 4.79 Å². The molecule has 32 heavy (non-hydrogen) atoms. The first-order valence-electron chi connectivity index (χ1n) is 9.70. The highest BCUT2D eigenvalue weighted by atomic mass is 19.2. The summed E-state index contributed by atoms with van der Waals surface area (Å²) in [6, 6.07) is 4.11. The predicted molar refractivity (Wildman–Crippen MR) is 111 cm³/mol. The molecule has 1 aliphatic rings. The minimum absolute atomic E-state index is 0.0359. The van der Waals surface area contributed by atoms with Gasteiger partial charge in [-0.25, -0.2) is 22.8 Å². The van der Waals surface area contributed by atoms with E-state index in [1.54, 1.807) is 6.92 Å². The lowest BCUT2D eigenvalue weighted by Crippen LogP contribution is -2.42. The smallest absolute Gasteiger partial charge is 0.322 e. The molecule has 10 heteroatoms. The quantitative estimate of drug-likeness (QED) is 0.581. The van der Waals surface area contributed by atoms with Crippen molar-refractivity contribution >= 4 is 28.2 Å². The van der Waals surface area contributed by atoms with Gasteiger partial charge in [0.15, 0.2) is 11.6 Å². The summed E-state index contributed by atoms with van der Waals surface area (Å²) in [6.45, 7) is 9.04. The average molecular weight is 442 g/mol. The summed E-state index contributed by atoms with van der Waals surface area (Å²) < 4.78 is 47.0. The first kappa shape index (κ1) is 21.4. The number of fused-ring (bicyclic) bond motifs is 3. The van der Waals surface area contributed by atoms with Gasteiger partial charge in [0.25, 0.3) is 5.56 Å². The lowest BCUT2D eigenvalue weighted by atomic mass is 9.95. The predicted octanol–water partition coefficient (Wildman–Crippen LogP) is 4.62. The number of benzene rings is 2. The molecule has 0 unspecified atom stereocenters. The van der Waals surface area contributed by atoms with E-state index in [0.717, 1.165) is 18.2 Å². The molecule has 0 aliphatic carbocycles. The Bertz CT molecular complexity index is 1330. The Morgan fingerprint density at radius 3 is 2.62 bits per heavy atom. The molecular weight excluding hydrogens is 425 g/mol. The number of nitrogens with zero attached hydrogens (tertiary/aromatic N) is 2. The zero-order chi connectivity index (χ0) is 23.0. The number of anilines is 1. The van der Waals surface area contributed by atoms with Crippen LogP contribution < -0.4 is 10.9 Å². The molecule has 4 rings (SSSR count). The maximum Gasteiger partial charge on any atom is 0.322 e. The van der Waals surface area contributed by atoms with Crippen molar-refractivity contribution in [2.24, 2.45) is 0 Å². The molecule has 2 heterocycles. The van der Waals surface area contributed by atoms with Crippen LogP contribution in [0.5, 0.6) is 0 Å². The molecule has 2 amide bonds. The Labute approximate surface area is 180 Å². The van der Waals surface area contributed by atoms with Crippen LogP contribution in [0.2, 0.25) is 0 Å². The summed E-state index contributed by atoms with van der Waals surface area (Å²) in [6.07, 6.45) is 0. The van der Waals surface area contributed by atoms with Gasteiger partial charge in [0.2, 0.25) is 5.69 Å². The number of aromatic amines is 1. The van der Waals surface area contributed by atoms with Crippen molar-refractivity contribution in [2.75, 3.05) is 18.5 Å². The first-order chi connectivity index (χ1) is 15.3. The van der Waals surface area contributed by atoms with Crippen molar-refractivity contribution in [3.05, 3.63) is 80.8 Å². The number of urea groups is 1. The maximum absolute atomic E-state index is 14.0. The topological polar surface area (TPSA) is 78.8 Å². The fraction of sp³-hybridized carbons (Fsp3) is 0.227. The number of ether oxygens (including phenoxy) is 1. The van der Waals surface area contributed by atoms with E-state index in [-0.39, 0.29) is 41.9 Å². The normalized spacial score (nSPS) is 15.2. The number of hydrogen-bond donors (Lipinski definition) is 2. The van der Waals surface area contributed by atoms with Crippen LogP contribution in [0.15, 0.2) is 35.1 Å². The molecular formula is C22H17F3N4O3. The molecule has 164 valence electrons. The zero-order valence-electron chi connectivity index (χ0n) is 16.8. The van der Waals surface area contributed by atoms with Gasteiger partial charge in [-0.1, -0.05) is 0 Å². The Hall–Kier alpha value is -3.84. The fourth-order valence-corrected chi connectivity index (χ4v) is 3.86. The molecule has 0 fully saturated rings. The monoisotopic (exact) mass is 442 g/mol. The highest BCUT2D eigenvalue weighted by molar-refractivity contribution is 5.92. The van der Waals surface area contributed by atoms with Crippen LogP contribution in [0.1, 0.15) is 24.2 Å². The minimum Gasteiger partial charge on any atom is -0.373 e. The van der Waals surface area contributed by atoms with Crippen molar-refractivity contribution in [3.63, 3.8) is 0 Å². The van der Waals surface area contributed by atoms with Gasteiger partial charge in [0.05, 0.1) is 31.2 Å². The molecule has 0 saturated heterocycles. The van der Waals surface area contributed by atoms with E-state index in [0.29, 0.717) is 11.3 Å². The van der Waals surface area contributed by atoms with Crippen molar-refractivity contribution < 1.29 is 22.7 Å². The highest BCUT2D eigenvalue weighted by Gasteiger charge is 2.32. The molecule has 2 N–H and O–H groups in total. The number of likely N-dealkylation sites (N-methyl/N-ethyl adjacent to an activating group) is 1. The van der Waals surface area contributed by atoms with E-state index in [1.165, 1.54) is 17.0 Å². The van der Waals surface area contributed by atoms with Crippen LogP contribution >= 0.6 is 0 Å². The number of carbonyl (C=O) groups is 1. The van der Waals surface area contributed by atoms with Crippen molar-refractivity contribution in [1.82, 2.24) is 9.88 Å². The molecule has 7 nitrogen and oxygen atoms in total. The van der Waals surface area contributed by atoms with Gasteiger partial charge in [0, 0.05) is 23.5 Å². The Morgan fingerprint density at radius 2 is 1.94 bits per heavy atom. The number of pyridine rings is 1. The third-order valence-electron chi connectivity index (χ3n) is 5.34. The van der Waals surface area contributed by atoms with Gasteiger partial charge in [0.1, 0.15) is 5.82 Å². The van der Waals surface area contributed by atoms with Crippen LogP contribution in [-0.2, 0) is 11.3 Å². The lowest BCUT2D eigenvalue weighted by molar-refractivity contribution is 0.0471. The number of nitrogens with one attached hydrogen (secondary N) is 2. The van der Waals surface area contributed by atoms with Crippen molar-refractivity contribution in [3.8, 4) is 0 Å². The summed E-state index contributed by atoms with van der Waals surface area (Å²) in [5, 5.41) is 2.78. The van der Waals surface area contributed by atoms with E-state index < -0.39 is 35.1 Å². The molecule has 1 aliphatic heterocycles. The zero-order valence-corrected chi connectivity index (χ0v) is 16.8. The molecule has 0 bridgehead atoms. The highest BCUT2D eigenvalue weighted by Crippen LogP contribution is 2.34. The van der Waals surface area contributed by atoms with Gasteiger partial charge in [-0.05, 0) is 42.6 Å². The summed E-state index contributed by atoms with van der Waals surface area (Å²) in [7, 11) is 0. The fourth-order valence-electron chi connectivity index (χ4n) is 3.86. The van der Waals surface area contributed by atoms with Gasteiger partial charge >= 0.3 is 6.03 Å². The second-order valence-electron chi connectivity index (χ2n) is 7.18. The second-order valence-corrected chi connectivity index (χ2v) is 7.18. The van der Waals surface area contributed by atoms with Crippen molar-refractivity contribution in [2.45, 2.75) is 19.6 Å². The molecule has 2 aromatic carbocycles. The number of amides is 2. The van der Waals surface area contributed by atoms with Gasteiger partial charge in [-0.15, -0.1) is 0 Å². The van der Waals surface area contributed by atoms with E-state index in [4.69, 9.17) is 11.3 Å². The maximum atomic E-state index is 14.0. The largest absolute Gasteiger partial charge is 0.373 e. The summed E-state index contributed by atoms with van der Waals surface area (Å²) >= 11 is 0. The van der Waals surface area contributed by atoms with Crippen LogP contribution in [0, 0.1) is 24.0 Å². The molecule has 0 spiro atoms. The number of hydrogen-bond acceptors (Lipinski definition) is 3. The van der Waals surface area contributed by atoms with E-state index in [9.17, 15) is 22.8 Å². The lowest BCUT2D eigenvalue weighted by Gasteiger charge is -2.35. The second kappa shape index (κ2) is 8.36. The Kier molecular flexibility index (Phi) is 5.59. The molecule has 1 atom stereocenters. The van der Waals surface area contributed by atoms with Crippen LogP contribution in [-0.4, -0.2) is 29.1 Å². The third-order valence-corrected chi connectivity index (χ3v) is 5.34. The molecule has 3 aromatic rings. The van der Waals surface area contributed by atoms with Crippen LogP contribution in [0.4, 0.5) is 29.3 Å². The minimum atomic E-state index is -1.15. The first-order valence-corrected chi connectivity index (χ1v) is 9.70. The third kappa shape index (κ3) is 3.67. The van der Waals surface area contributed by atoms with Crippen molar-refractivity contribution in [1.29, 1.82) is 0 Å². The van der Waals surface area contributed by atoms with Gasteiger partial charge in [-0.2, -0.15) is 0 Å². The van der Waals surface area contributed by atoms with E-state index in [2.05, 4.69) is 15.1 Å². The summed E-state index contributed by atoms with van der Waals surface area (Å²) in [5.74, 6) is -2.96. The molecule has 1 aromatic heterocycles. The number of carbonyl (C=O) groups excluding carboxylic acids is 1. The number of rotatable bonds is 3. The standard InChI is InChI=1S/C22H17F3N4O3/c1-3-29(22(31)27-11-4-5-14(23)17(6-11)26-2)19-10-32-9-18-20(19)12-7-15(24)16(25)8-13(12)21(30)28-18/h4-8,19H,3,9-10H2,1H3,(H,27,31)(H,28,30)/t19-/m1/s1. The number of halogens is 3.